The van der Waals surface area contributed by atoms with Crippen molar-refractivity contribution in [2.24, 2.45) is 0 Å². The van der Waals surface area contributed by atoms with Crippen LogP contribution in [0.4, 0.5) is 0 Å². The highest BCUT2D eigenvalue weighted by molar-refractivity contribution is 7.89. The van der Waals surface area contributed by atoms with Gasteiger partial charge < -0.3 is 0 Å². The molecule has 2 aromatic heterocycles. The van der Waals surface area contributed by atoms with Crippen LogP contribution < -0.4 is 4.72 Å². The van der Waals surface area contributed by atoms with E-state index in [1.165, 1.54) is 23.5 Å². The van der Waals surface area contributed by atoms with Crippen molar-refractivity contribution in [1.29, 1.82) is 5.26 Å². The van der Waals surface area contributed by atoms with Gasteiger partial charge in [0.05, 0.1) is 6.04 Å². The predicted octanol–water partition coefficient (Wildman–Crippen LogP) is 1.45. The topological polar surface area (TPSA) is 95.7 Å². The molecular formula is C11H10N4O2S2. The second-order valence-electron chi connectivity index (χ2n) is 3.70. The van der Waals surface area contributed by atoms with Crippen molar-refractivity contribution in [2.45, 2.75) is 17.9 Å². The number of aromatic nitrogens is 2. The van der Waals surface area contributed by atoms with Crippen LogP contribution in [-0.2, 0) is 10.0 Å². The number of nitriles is 1. The molecule has 0 saturated heterocycles. The van der Waals surface area contributed by atoms with Crippen molar-refractivity contribution in [3.8, 4) is 6.07 Å². The van der Waals surface area contributed by atoms with Crippen LogP contribution in [0.15, 0.2) is 34.8 Å². The van der Waals surface area contributed by atoms with E-state index in [2.05, 4.69) is 14.7 Å². The third-order valence-corrected chi connectivity index (χ3v) is 4.80. The monoisotopic (exact) mass is 294 g/mol. The van der Waals surface area contributed by atoms with E-state index in [1.54, 1.807) is 18.5 Å². The Hall–Kier alpha value is -1.82. The first kappa shape index (κ1) is 13.6. The molecule has 0 aliphatic heterocycles. The SMILES string of the molecule is CC(NS(=O)(=O)c1ccc(C#N)nc1)c1nccs1. The first-order valence-electron chi connectivity index (χ1n) is 5.31. The van der Waals surface area contributed by atoms with Crippen molar-refractivity contribution < 1.29 is 8.42 Å². The van der Waals surface area contributed by atoms with Crippen molar-refractivity contribution in [3.63, 3.8) is 0 Å². The van der Waals surface area contributed by atoms with Gasteiger partial charge in [-0.05, 0) is 19.1 Å². The molecule has 2 heterocycles. The molecule has 19 heavy (non-hydrogen) atoms. The molecule has 0 spiro atoms. The van der Waals surface area contributed by atoms with E-state index >= 15 is 0 Å². The van der Waals surface area contributed by atoms with E-state index in [0.717, 1.165) is 6.20 Å². The van der Waals surface area contributed by atoms with Gasteiger partial charge in [0.15, 0.2) is 0 Å². The molecule has 8 heteroatoms. The maximum absolute atomic E-state index is 12.1. The first-order chi connectivity index (χ1) is 9.03. The van der Waals surface area contributed by atoms with Gasteiger partial charge in [0.25, 0.3) is 0 Å². The van der Waals surface area contributed by atoms with Crippen molar-refractivity contribution >= 4 is 21.4 Å². The lowest BCUT2D eigenvalue weighted by molar-refractivity contribution is 0.566. The second kappa shape index (κ2) is 5.44. The molecule has 0 aliphatic carbocycles. The largest absolute Gasteiger partial charge is 0.248 e. The second-order valence-corrected chi connectivity index (χ2v) is 6.34. The van der Waals surface area contributed by atoms with Gasteiger partial charge in [-0.25, -0.2) is 23.1 Å². The predicted molar refractivity (Wildman–Crippen MR) is 69.8 cm³/mol. The number of hydrogen-bond donors (Lipinski definition) is 1. The molecule has 0 fully saturated rings. The molecule has 0 bridgehead atoms. The van der Waals surface area contributed by atoms with Gasteiger partial charge in [0, 0.05) is 17.8 Å². The minimum Gasteiger partial charge on any atom is -0.248 e. The first-order valence-corrected chi connectivity index (χ1v) is 7.67. The summed E-state index contributed by atoms with van der Waals surface area (Å²) < 4.78 is 26.7. The molecule has 2 rings (SSSR count). The normalized spacial score (nSPS) is 12.8. The van der Waals surface area contributed by atoms with Crippen LogP contribution in [-0.4, -0.2) is 18.4 Å². The minimum atomic E-state index is -3.67. The number of nitrogens with one attached hydrogen (secondary N) is 1. The number of nitrogens with zero attached hydrogens (tertiary/aromatic N) is 3. The Labute approximate surface area is 114 Å². The zero-order chi connectivity index (χ0) is 13.9. The molecule has 0 amide bonds. The van der Waals surface area contributed by atoms with Gasteiger partial charge in [-0.3, -0.25) is 0 Å². The highest BCUT2D eigenvalue weighted by Crippen LogP contribution is 2.18. The third kappa shape index (κ3) is 3.14. The summed E-state index contributed by atoms with van der Waals surface area (Å²) in [5.41, 5.74) is 0.173. The van der Waals surface area contributed by atoms with Crippen LogP contribution in [0.2, 0.25) is 0 Å². The van der Waals surface area contributed by atoms with Gasteiger partial charge in [-0.2, -0.15) is 5.26 Å². The van der Waals surface area contributed by atoms with Gasteiger partial charge >= 0.3 is 0 Å². The van der Waals surface area contributed by atoms with E-state index in [9.17, 15) is 8.42 Å². The van der Waals surface area contributed by atoms with E-state index in [1.807, 2.05) is 6.07 Å². The molecule has 0 saturated carbocycles. The summed E-state index contributed by atoms with van der Waals surface area (Å²) in [7, 11) is -3.67. The van der Waals surface area contributed by atoms with Crippen LogP contribution in [0, 0.1) is 11.3 Å². The maximum Gasteiger partial charge on any atom is 0.242 e. The lowest BCUT2D eigenvalue weighted by atomic mass is 10.4. The van der Waals surface area contributed by atoms with Gasteiger partial charge in [0.2, 0.25) is 10.0 Å². The zero-order valence-corrected chi connectivity index (χ0v) is 11.6. The standard InChI is InChI=1S/C11H10N4O2S2/c1-8(11-13-4-5-18-11)15-19(16,17)10-3-2-9(6-12)14-7-10/h2-5,7-8,15H,1H3. The number of rotatable bonds is 4. The van der Waals surface area contributed by atoms with Crippen molar-refractivity contribution in [3.05, 3.63) is 40.6 Å². The summed E-state index contributed by atoms with van der Waals surface area (Å²) in [5.74, 6) is 0. The molecule has 6 nitrogen and oxygen atoms in total. The lowest BCUT2D eigenvalue weighted by Crippen LogP contribution is -2.26. The Balaban J connectivity index is 2.20. The number of sulfonamides is 1. The van der Waals surface area contributed by atoms with E-state index in [0.29, 0.717) is 5.01 Å². The Morgan fingerprint density at radius 3 is 2.74 bits per heavy atom. The van der Waals surface area contributed by atoms with Crippen molar-refractivity contribution in [1.82, 2.24) is 14.7 Å². The van der Waals surface area contributed by atoms with Crippen LogP contribution in [0.25, 0.3) is 0 Å². The summed E-state index contributed by atoms with van der Waals surface area (Å²) >= 11 is 1.38. The highest BCUT2D eigenvalue weighted by atomic mass is 32.2. The number of pyridine rings is 1. The average molecular weight is 294 g/mol. The van der Waals surface area contributed by atoms with E-state index in [-0.39, 0.29) is 10.6 Å². The Bertz CT molecular complexity index is 687. The molecule has 2 aromatic rings. The molecule has 0 radical (unpaired) electrons. The fourth-order valence-electron chi connectivity index (χ4n) is 1.40. The van der Waals surface area contributed by atoms with Gasteiger partial charge in [-0.15, -0.1) is 11.3 Å². The Morgan fingerprint density at radius 1 is 1.42 bits per heavy atom. The van der Waals surface area contributed by atoms with Crippen LogP contribution in [0.1, 0.15) is 23.7 Å². The quantitative estimate of drug-likeness (QED) is 0.920. The minimum absolute atomic E-state index is 0.0231. The number of thiazole rings is 1. The Kier molecular flexibility index (Phi) is 3.90. The summed E-state index contributed by atoms with van der Waals surface area (Å²) in [4.78, 5) is 7.82. The zero-order valence-electron chi connectivity index (χ0n) is 9.94. The summed E-state index contributed by atoms with van der Waals surface area (Å²) in [6.07, 6.45) is 2.78. The average Bonchev–Trinajstić information content (AvgIpc) is 2.92. The fraction of sp³-hybridized carbons (Fsp3) is 0.182. The molecule has 0 aromatic carbocycles. The van der Waals surface area contributed by atoms with Gasteiger partial charge in [-0.1, -0.05) is 0 Å². The van der Waals surface area contributed by atoms with Crippen LogP contribution in [0.5, 0.6) is 0 Å². The molecular weight excluding hydrogens is 284 g/mol. The summed E-state index contributed by atoms with van der Waals surface area (Å²) in [6.45, 7) is 1.72. The van der Waals surface area contributed by atoms with Gasteiger partial charge in [0.1, 0.15) is 21.7 Å². The maximum atomic E-state index is 12.1. The number of hydrogen-bond acceptors (Lipinski definition) is 6. The van der Waals surface area contributed by atoms with E-state index in [4.69, 9.17) is 5.26 Å². The molecule has 1 N–H and O–H groups in total. The molecule has 1 atom stereocenters. The Morgan fingerprint density at radius 2 is 2.21 bits per heavy atom. The van der Waals surface area contributed by atoms with E-state index < -0.39 is 16.1 Å². The molecule has 98 valence electrons. The van der Waals surface area contributed by atoms with Crippen molar-refractivity contribution in [2.75, 3.05) is 0 Å². The third-order valence-electron chi connectivity index (χ3n) is 2.31. The highest BCUT2D eigenvalue weighted by Gasteiger charge is 2.19. The van der Waals surface area contributed by atoms with Crippen LogP contribution >= 0.6 is 11.3 Å². The smallest absolute Gasteiger partial charge is 0.242 e. The summed E-state index contributed by atoms with van der Waals surface area (Å²) in [5, 5.41) is 11.1. The molecule has 1 unspecified atom stereocenters. The fourth-order valence-corrected chi connectivity index (χ4v) is 3.28. The lowest BCUT2D eigenvalue weighted by Gasteiger charge is -2.11. The molecule has 0 aliphatic rings. The van der Waals surface area contributed by atoms with Crippen LogP contribution in [0.3, 0.4) is 0 Å². The summed E-state index contributed by atoms with van der Waals surface area (Å²) in [6, 6.07) is 4.13.